The van der Waals surface area contributed by atoms with Gasteiger partial charge >= 0.3 is 0 Å². The van der Waals surface area contributed by atoms with E-state index in [0.29, 0.717) is 11.7 Å². The van der Waals surface area contributed by atoms with E-state index < -0.39 is 0 Å². The van der Waals surface area contributed by atoms with E-state index in [4.69, 9.17) is 9.15 Å². The highest BCUT2D eigenvalue weighted by Crippen LogP contribution is 2.41. The summed E-state index contributed by atoms with van der Waals surface area (Å²) in [6, 6.07) is 11.3. The van der Waals surface area contributed by atoms with Crippen LogP contribution in [0.2, 0.25) is 0 Å². The van der Waals surface area contributed by atoms with Gasteiger partial charge in [0.15, 0.2) is 5.76 Å². The maximum Gasteiger partial charge on any atom is 0.287 e. The molecule has 4 heteroatoms. The Hall–Kier alpha value is -2.23. The van der Waals surface area contributed by atoms with Gasteiger partial charge in [0, 0.05) is 0 Å². The fraction of sp³-hybridized carbons (Fsp3) is 0.312. The van der Waals surface area contributed by atoms with Crippen LogP contribution in [0.4, 0.5) is 0 Å². The van der Waals surface area contributed by atoms with Crippen LogP contribution < -0.4 is 10.1 Å². The number of methoxy groups -OCH3 is 1. The van der Waals surface area contributed by atoms with Crippen LogP contribution in [0.15, 0.2) is 47.1 Å². The number of nitrogens with one attached hydrogen (secondary N) is 1. The molecule has 0 spiro atoms. The zero-order valence-electron chi connectivity index (χ0n) is 11.3. The fourth-order valence-electron chi connectivity index (χ4n) is 2.33. The molecule has 1 aromatic heterocycles. The Balaban J connectivity index is 1.76. The Morgan fingerprint density at radius 3 is 2.60 bits per heavy atom. The summed E-state index contributed by atoms with van der Waals surface area (Å²) < 4.78 is 10.3. The molecule has 2 aromatic rings. The van der Waals surface area contributed by atoms with Gasteiger partial charge in [-0.05, 0) is 48.6 Å². The van der Waals surface area contributed by atoms with Crippen LogP contribution in [-0.2, 0) is 0 Å². The highest BCUT2D eigenvalue weighted by Gasteiger charge is 2.33. The number of furan rings is 1. The predicted molar refractivity (Wildman–Crippen MR) is 74.6 cm³/mol. The van der Waals surface area contributed by atoms with Crippen molar-refractivity contribution in [1.82, 2.24) is 5.32 Å². The number of carbonyl (C=O) groups excluding carboxylic acids is 1. The average Bonchev–Trinajstić information content (AvgIpc) is 3.17. The molecule has 1 saturated carbocycles. The molecule has 0 aliphatic heterocycles. The first-order valence-corrected chi connectivity index (χ1v) is 6.76. The van der Waals surface area contributed by atoms with E-state index in [9.17, 15) is 4.79 Å². The topological polar surface area (TPSA) is 51.5 Å². The van der Waals surface area contributed by atoms with Crippen molar-refractivity contribution in [2.75, 3.05) is 7.11 Å². The van der Waals surface area contributed by atoms with Gasteiger partial charge in [0.2, 0.25) is 0 Å². The maximum absolute atomic E-state index is 12.1. The fourth-order valence-corrected chi connectivity index (χ4v) is 2.33. The van der Waals surface area contributed by atoms with Crippen molar-refractivity contribution < 1.29 is 13.9 Å². The lowest BCUT2D eigenvalue weighted by atomic mass is 10.0. The first kappa shape index (κ1) is 12.8. The van der Waals surface area contributed by atoms with Crippen LogP contribution in [0, 0.1) is 5.92 Å². The molecule has 1 atom stereocenters. The van der Waals surface area contributed by atoms with E-state index in [-0.39, 0.29) is 11.9 Å². The Labute approximate surface area is 117 Å². The molecule has 1 unspecified atom stereocenters. The average molecular weight is 271 g/mol. The number of hydrogen-bond acceptors (Lipinski definition) is 3. The second-order valence-corrected chi connectivity index (χ2v) is 5.04. The molecule has 0 bridgehead atoms. The molecule has 1 heterocycles. The molecule has 3 rings (SSSR count). The second kappa shape index (κ2) is 5.41. The van der Waals surface area contributed by atoms with Crippen LogP contribution in [0.5, 0.6) is 5.75 Å². The summed E-state index contributed by atoms with van der Waals surface area (Å²) in [4.78, 5) is 12.1. The molecule has 1 fully saturated rings. The van der Waals surface area contributed by atoms with E-state index >= 15 is 0 Å². The third-order valence-corrected chi connectivity index (χ3v) is 3.60. The molecule has 1 aliphatic rings. The van der Waals surface area contributed by atoms with Crippen molar-refractivity contribution in [1.29, 1.82) is 0 Å². The highest BCUT2D eigenvalue weighted by molar-refractivity contribution is 5.91. The number of ether oxygens (including phenoxy) is 1. The monoisotopic (exact) mass is 271 g/mol. The molecule has 1 aromatic carbocycles. The summed E-state index contributed by atoms with van der Waals surface area (Å²) >= 11 is 0. The van der Waals surface area contributed by atoms with Gasteiger partial charge in [-0.3, -0.25) is 4.79 Å². The van der Waals surface area contributed by atoms with Gasteiger partial charge < -0.3 is 14.5 Å². The van der Waals surface area contributed by atoms with Crippen molar-refractivity contribution in [3.05, 3.63) is 54.0 Å². The van der Waals surface area contributed by atoms with Crippen molar-refractivity contribution in [3.8, 4) is 5.75 Å². The van der Waals surface area contributed by atoms with Crippen molar-refractivity contribution >= 4 is 5.91 Å². The first-order valence-electron chi connectivity index (χ1n) is 6.76. The maximum atomic E-state index is 12.1. The van der Waals surface area contributed by atoms with Gasteiger partial charge in [0.1, 0.15) is 5.75 Å². The molecule has 0 saturated heterocycles. The Bertz CT molecular complexity index is 570. The van der Waals surface area contributed by atoms with E-state index in [1.807, 2.05) is 24.3 Å². The van der Waals surface area contributed by atoms with E-state index in [2.05, 4.69) is 5.32 Å². The zero-order chi connectivity index (χ0) is 13.9. The van der Waals surface area contributed by atoms with Gasteiger partial charge in [0.05, 0.1) is 19.4 Å². The van der Waals surface area contributed by atoms with Crippen LogP contribution in [0.25, 0.3) is 0 Å². The quantitative estimate of drug-likeness (QED) is 0.908. The van der Waals surface area contributed by atoms with Crippen LogP contribution in [0.3, 0.4) is 0 Å². The lowest BCUT2D eigenvalue weighted by Crippen LogP contribution is -2.29. The van der Waals surface area contributed by atoms with Gasteiger partial charge in [-0.15, -0.1) is 0 Å². The second-order valence-electron chi connectivity index (χ2n) is 5.04. The lowest BCUT2D eigenvalue weighted by molar-refractivity contribution is 0.0903. The summed E-state index contributed by atoms with van der Waals surface area (Å²) in [7, 11) is 1.64. The molecule has 1 amide bonds. The van der Waals surface area contributed by atoms with Crippen LogP contribution in [-0.4, -0.2) is 13.0 Å². The van der Waals surface area contributed by atoms with Crippen LogP contribution >= 0.6 is 0 Å². The summed E-state index contributed by atoms with van der Waals surface area (Å²) in [5.74, 6) is 1.52. The third kappa shape index (κ3) is 2.69. The lowest BCUT2D eigenvalue weighted by Gasteiger charge is -2.18. The number of hydrogen-bond donors (Lipinski definition) is 1. The van der Waals surface area contributed by atoms with E-state index in [1.54, 1.807) is 19.2 Å². The van der Waals surface area contributed by atoms with Crippen molar-refractivity contribution in [3.63, 3.8) is 0 Å². The molecule has 104 valence electrons. The predicted octanol–water partition coefficient (Wildman–Crippen LogP) is 3.17. The Morgan fingerprint density at radius 1 is 1.30 bits per heavy atom. The van der Waals surface area contributed by atoms with Gasteiger partial charge in [0.25, 0.3) is 5.91 Å². The van der Waals surface area contributed by atoms with Crippen LogP contribution in [0.1, 0.15) is 35.0 Å². The largest absolute Gasteiger partial charge is 0.497 e. The molecule has 0 radical (unpaired) electrons. The van der Waals surface area contributed by atoms with Gasteiger partial charge in [-0.1, -0.05) is 12.1 Å². The minimum Gasteiger partial charge on any atom is -0.497 e. The number of benzene rings is 1. The number of rotatable bonds is 5. The summed E-state index contributed by atoms with van der Waals surface area (Å²) in [6.45, 7) is 0. The number of amides is 1. The standard InChI is InChI=1S/C16H17NO3/c1-19-13-8-6-12(7-9-13)15(11-4-5-11)17-16(18)14-3-2-10-20-14/h2-3,6-11,15H,4-5H2,1H3,(H,17,18). The Kier molecular flexibility index (Phi) is 3.46. The third-order valence-electron chi connectivity index (χ3n) is 3.60. The molecular formula is C16H17NO3. The van der Waals surface area contributed by atoms with Gasteiger partial charge in [-0.2, -0.15) is 0 Å². The highest BCUT2D eigenvalue weighted by atomic mass is 16.5. The smallest absolute Gasteiger partial charge is 0.287 e. The van der Waals surface area contributed by atoms with Crippen molar-refractivity contribution in [2.24, 2.45) is 5.92 Å². The summed E-state index contributed by atoms with van der Waals surface area (Å²) in [5.41, 5.74) is 1.10. The van der Waals surface area contributed by atoms with Crippen molar-refractivity contribution in [2.45, 2.75) is 18.9 Å². The van der Waals surface area contributed by atoms with E-state index in [1.165, 1.54) is 6.26 Å². The first-order chi connectivity index (χ1) is 9.78. The SMILES string of the molecule is COc1ccc(C(NC(=O)c2ccco2)C2CC2)cc1. The number of carbonyl (C=O) groups is 1. The molecule has 1 aliphatic carbocycles. The summed E-state index contributed by atoms with van der Waals surface area (Å²) in [6.07, 6.45) is 3.80. The van der Waals surface area contributed by atoms with E-state index in [0.717, 1.165) is 24.2 Å². The normalized spacial score (nSPS) is 15.7. The molecular weight excluding hydrogens is 254 g/mol. The molecule has 1 N–H and O–H groups in total. The molecule has 4 nitrogen and oxygen atoms in total. The zero-order valence-corrected chi connectivity index (χ0v) is 11.3. The molecule has 20 heavy (non-hydrogen) atoms. The Morgan fingerprint density at radius 2 is 2.05 bits per heavy atom. The summed E-state index contributed by atoms with van der Waals surface area (Å²) in [5, 5.41) is 3.06. The minimum absolute atomic E-state index is 0.0403. The minimum atomic E-state index is -0.164. The van der Waals surface area contributed by atoms with Gasteiger partial charge in [-0.25, -0.2) is 0 Å².